The highest BCUT2D eigenvalue weighted by atomic mass is 32.2. The third-order valence-corrected chi connectivity index (χ3v) is 5.03. The summed E-state index contributed by atoms with van der Waals surface area (Å²) in [6, 6.07) is 9.11. The van der Waals surface area contributed by atoms with Gasteiger partial charge in [-0.3, -0.25) is 14.1 Å². The lowest BCUT2D eigenvalue weighted by Crippen LogP contribution is -2.38. The van der Waals surface area contributed by atoms with E-state index >= 15 is 0 Å². The van der Waals surface area contributed by atoms with Crippen LogP contribution in [0.5, 0.6) is 0 Å². The van der Waals surface area contributed by atoms with Crippen LogP contribution >= 0.6 is 0 Å². The van der Waals surface area contributed by atoms with Crippen LogP contribution in [-0.2, 0) is 10.0 Å². The Labute approximate surface area is 142 Å². The number of hydrogen-bond donors (Lipinski definition) is 1. The van der Waals surface area contributed by atoms with E-state index in [1.807, 2.05) is 20.8 Å². The number of hydrogen-bond acceptors (Lipinski definition) is 4. The molecule has 0 aliphatic heterocycles. The molecule has 0 unspecified atom stereocenters. The second-order valence-electron chi connectivity index (χ2n) is 6.68. The molecule has 0 spiro atoms. The van der Waals surface area contributed by atoms with Crippen LogP contribution in [0.2, 0.25) is 0 Å². The van der Waals surface area contributed by atoms with E-state index in [0.29, 0.717) is 5.69 Å². The van der Waals surface area contributed by atoms with Crippen molar-refractivity contribution in [3.63, 3.8) is 0 Å². The quantitative estimate of drug-likeness (QED) is 0.899. The van der Waals surface area contributed by atoms with Crippen molar-refractivity contribution in [1.29, 1.82) is 0 Å². The highest BCUT2D eigenvalue weighted by Gasteiger charge is 2.29. The van der Waals surface area contributed by atoms with Crippen LogP contribution in [0.3, 0.4) is 0 Å². The lowest BCUT2D eigenvalue weighted by atomic mass is 9.97. The molecule has 1 aromatic heterocycles. The first-order valence-corrected chi connectivity index (χ1v) is 8.88. The molecule has 128 valence electrons. The molecule has 1 heterocycles. The van der Waals surface area contributed by atoms with Crippen molar-refractivity contribution >= 4 is 21.6 Å². The molecule has 2 N–H and O–H groups in total. The molecule has 0 saturated heterocycles. The zero-order valence-electron chi connectivity index (χ0n) is 13.9. The number of amides is 1. The van der Waals surface area contributed by atoms with E-state index in [1.54, 1.807) is 18.3 Å². The first-order valence-electron chi connectivity index (χ1n) is 7.44. The van der Waals surface area contributed by atoms with Gasteiger partial charge in [-0.25, -0.2) is 8.42 Å². The van der Waals surface area contributed by atoms with Gasteiger partial charge in [0.05, 0.1) is 16.8 Å². The first-order chi connectivity index (χ1) is 11.1. The maximum absolute atomic E-state index is 13.1. The van der Waals surface area contributed by atoms with Crippen LogP contribution in [0.4, 0.5) is 5.69 Å². The highest BCUT2D eigenvalue weighted by molar-refractivity contribution is 7.92. The molecule has 0 fully saturated rings. The first kappa shape index (κ1) is 17.9. The smallest absolute Gasteiger partial charge is 0.264 e. The summed E-state index contributed by atoms with van der Waals surface area (Å²) < 4.78 is 27.6. The van der Waals surface area contributed by atoms with Crippen molar-refractivity contribution in [3.8, 4) is 0 Å². The summed E-state index contributed by atoms with van der Waals surface area (Å²) >= 11 is 0. The van der Waals surface area contributed by atoms with Gasteiger partial charge in [-0.15, -0.1) is 0 Å². The highest BCUT2D eigenvalue weighted by Crippen LogP contribution is 2.28. The standard InChI is InChI=1S/C17H21N3O3S/c1-17(2,3)12-20(14-7-5-9-19-11-14)24(22,23)15-8-4-6-13(10-15)16(18)21/h4-11H,12H2,1-3H3,(H2,18,21). The monoisotopic (exact) mass is 347 g/mol. The lowest BCUT2D eigenvalue weighted by Gasteiger charge is -2.30. The number of nitrogens with two attached hydrogens (primary N) is 1. The topological polar surface area (TPSA) is 93.4 Å². The van der Waals surface area contributed by atoms with E-state index in [-0.39, 0.29) is 22.4 Å². The molecule has 2 rings (SSSR count). The fraction of sp³-hybridized carbons (Fsp3) is 0.294. The van der Waals surface area contributed by atoms with Crippen molar-refractivity contribution in [2.75, 3.05) is 10.8 Å². The van der Waals surface area contributed by atoms with Gasteiger partial charge in [-0.2, -0.15) is 0 Å². The number of rotatable bonds is 5. The van der Waals surface area contributed by atoms with Gasteiger partial charge in [0, 0.05) is 18.3 Å². The molecule has 0 atom stereocenters. The fourth-order valence-corrected chi connectivity index (χ4v) is 3.91. The van der Waals surface area contributed by atoms with Crippen LogP contribution in [-0.4, -0.2) is 25.9 Å². The van der Waals surface area contributed by atoms with E-state index in [4.69, 9.17) is 5.73 Å². The molecule has 0 aliphatic rings. The van der Waals surface area contributed by atoms with Gasteiger partial charge < -0.3 is 5.73 Å². The Morgan fingerprint density at radius 3 is 2.46 bits per heavy atom. The summed E-state index contributed by atoms with van der Waals surface area (Å²) in [5.41, 5.74) is 5.60. The van der Waals surface area contributed by atoms with Gasteiger partial charge in [0.1, 0.15) is 0 Å². The Kier molecular flexibility index (Phi) is 4.94. The third-order valence-electron chi connectivity index (χ3n) is 3.26. The lowest BCUT2D eigenvalue weighted by molar-refractivity contribution is 0.1000. The number of primary amides is 1. The molecule has 2 aromatic rings. The zero-order valence-corrected chi connectivity index (χ0v) is 14.7. The van der Waals surface area contributed by atoms with Gasteiger partial charge >= 0.3 is 0 Å². The number of pyridine rings is 1. The van der Waals surface area contributed by atoms with E-state index in [2.05, 4.69) is 4.98 Å². The number of anilines is 1. The molecule has 6 nitrogen and oxygen atoms in total. The second-order valence-corrected chi connectivity index (χ2v) is 8.54. The van der Waals surface area contributed by atoms with Gasteiger partial charge in [0.25, 0.3) is 10.0 Å². The predicted octanol–water partition coefficient (Wildman–Crippen LogP) is 2.42. The van der Waals surface area contributed by atoms with E-state index in [9.17, 15) is 13.2 Å². The summed E-state index contributed by atoms with van der Waals surface area (Å²) in [7, 11) is -3.86. The molecule has 0 radical (unpaired) electrons. The molecule has 0 bridgehead atoms. The second kappa shape index (κ2) is 6.60. The number of carbonyl (C=O) groups excluding carboxylic acids is 1. The minimum atomic E-state index is -3.86. The summed E-state index contributed by atoms with van der Waals surface area (Å²) in [5, 5.41) is 0. The molecule has 1 aromatic carbocycles. The van der Waals surface area contributed by atoms with Gasteiger partial charge in [-0.1, -0.05) is 26.8 Å². The average molecular weight is 347 g/mol. The maximum Gasteiger partial charge on any atom is 0.264 e. The Morgan fingerprint density at radius 1 is 1.21 bits per heavy atom. The Morgan fingerprint density at radius 2 is 1.92 bits per heavy atom. The Balaban J connectivity index is 2.56. The number of carbonyl (C=O) groups is 1. The maximum atomic E-state index is 13.1. The Bertz CT molecular complexity index is 828. The molecule has 0 aliphatic carbocycles. The summed E-state index contributed by atoms with van der Waals surface area (Å²) in [5.74, 6) is -0.671. The fourth-order valence-electron chi connectivity index (χ4n) is 2.18. The largest absolute Gasteiger partial charge is 0.366 e. The summed E-state index contributed by atoms with van der Waals surface area (Å²) in [4.78, 5) is 15.4. The van der Waals surface area contributed by atoms with Crippen molar-refractivity contribution < 1.29 is 13.2 Å². The van der Waals surface area contributed by atoms with E-state index in [0.717, 1.165) is 0 Å². The summed E-state index contributed by atoms with van der Waals surface area (Å²) in [6.07, 6.45) is 3.08. The number of nitrogens with zero attached hydrogens (tertiary/aromatic N) is 2. The SMILES string of the molecule is CC(C)(C)CN(c1cccnc1)S(=O)(=O)c1cccc(C(N)=O)c1. The van der Waals surface area contributed by atoms with Crippen molar-refractivity contribution in [3.05, 3.63) is 54.4 Å². The van der Waals surface area contributed by atoms with Gasteiger partial charge in [0.15, 0.2) is 0 Å². The molecular formula is C17H21N3O3S. The van der Waals surface area contributed by atoms with E-state index < -0.39 is 15.9 Å². The number of aromatic nitrogens is 1. The molecule has 24 heavy (non-hydrogen) atoms. The minimum Gasteiger partial charge on any atom is -0.366 e. The minimum absolute atomic E-state index is 0.0203. The van der Waals surface area contributed by atoms with Crippen LogP contribution < -0.4 is 10.0 Å². The van der Waals surface area contributed by atoms with Crippen LogP contribution in [0.1, 0.15) is 31.1 Å². The van der Waals surface area contributed by atoms with Crippen LogP contribution in [0, 0.1) is 5.41 Å². The number of sulfonamides is 1. The molecule has 1 amide bonds. The van der Waals surface area contributed by atoms with E-state index in [1.165, 1.54) is 34.8 Å². The predicted molar refractivity (Wildman–Crippen MR) is 93.2 cm³/mol. The summed E-state index contributed by atoms with van der Waals surface area (Å²) in [6.45, 7) is 6.12. The normalized spacial score (nSPS) is 12.0. The molecular weight excluding hydrogens is 326 g/mol. The molecule has 0 saturated carbocycles. The third kappa shape index (κ3) is 4.11. The van der Waals surface area contributed by atoms with Crippen molar-refractivity contribution in [1.82, 2.24) is 4.98 Å². The zero-order chi connectivity index (χ0) is 18.0. The van der Waals surface area contributed by atoms with Crippen molar-refractivity contribution in [2.45, 2.75) is 25.7 Å². The van der Waals surface area contributed by atoms with Crippen LogP contribution in [0.15, 0.2) is 53.7 Å². The van der Waals surface area contributed by atoms with Gasteiger partial charge in [-0.05, 0) is 35.7 Å². The van der Waals surface area contributed by atoms with Crippen LogP contribution in [0.25, 0.3) is 0 Å². The Hall–Kier alpha value is -2.41. The van der Waals surface area contributed by atoms with Gasteiger partial charge in [0.2, 0.25) is 5.91 Å². The van der Waals surface area contributed by atoms with Crippen molar-refractivity contribution in [2.24, 2.45) is 11.1 Å². The number of benzene rings is 1. The average Bonchev–Trinajstić information content (AvgIpc) is 2.52. The molecule has 7 heteroatoms.